The van der Waals surface area contributed by atoms with Gasteiger partial charge in [0.05, 0.1) is 0 Å². The molecule has 2 aliphatic rings. The molecule has 1 fully saturated rings. The number of amides is 1. The molecule has 0 spiro atoms. The van der Waals surface area contributed by atoms with Crippen molar-refractivity contribution in [1.82, 2.24) is 4.90 Å². The van der Waals surface area contributed by atoms with E-state index in [2.05, 4.69) is 9.86 Å². The number of hydrogen-bond acceptors (Lipinski definition) is 1. The van der Waals surface area contributed by atoms with E-state index in [1.165, 1.54) is 3.21 Å². The monoisotopic (exact) mass is 343 g/mol. The molecule has 0 atom stereocenters. The Morgan fingerprint density at radius 3 is 2.82 bits per heavy atom. The number of carbonyl (C=O) groups excluding carboxylic acids is 1. The molecule has 1 amide bonds. The molecular formula is C8H8BiNO. The minimum absolute atomic E-state index is 0.180. The van der Waals surface area contributed by atoms with Crippen LogP contribution in [0.3, 0.4) is 0 Å². The summed E-state index contributed by atoms with van der Waals surface area (Å²) in [6.07, 6.45) is 5.80. The first-order chi connectivity index (χ1) is 5.36. The second-order valence-corrected chi connectivity index (χ2v) is 6.70. The second kappa shape index (κ2) is 2.98. The van der Waals surface area contributed by atoms with E-state index in [1.54, 1.807) is 6.08 Å². The van der Waals surface area contributed by atoms with Gasteiger partial charge < -0.3 is 0 Å². The third-order valence-electron chi connectivity index (χ3n) is 1.62. The third kappa shape index (κ3) is 1.84. The van der Waals surface area contributed by atoms with Crippen molar-refractivity contribution in [2.75, 3.05) is 13.1 Å². The molecule has 2 heterocycles. The molecule has 3 heteroatoms. The molecule has 11 heavy (non-hydrogen) atoms. The average Bonchev–Trinajstić information content (AvgIpc) is 2.64. The number of nitrogens with zero attached hydrogens (tertiary/aromatic N) is 1. The Labute approximate surface area is 76.6 Å². The van der Waals surface area contributed by atoms with Crippen LogP contribution < -0.4 is 0 Å². The van der Waals surface area contributed by atoms with Crippen LogP contribution in [-0.2, 0) is 4.79 Å². The second-order valence-electron chi connectivity index (χ2n) is 2.53. The number of allylic oxidation sites excluding steroid dienone is 2. The fourth-order valence-electron chi connectivity index (χ4n) is 0.792. The van der Waals surface area contributed by atoms with Crippen LogP contribution in [0.25, 0.3) is 0 Å². The van der Waals surface area contributed by atoms with Crippen molar-refractivity contribution in [2.24, 2.45) is 0 Å². The molecule has 0 bridgehead atoms. The molecular weight excluding hydrogens is 335 g/mol. The number of carbonyl (C=O) groups is 1. The first-order valence-electron chi connectivity index (χ1n) is 3.57. The molecule has 0 aromatic heterocycles. The van der Waals surface area contributed by atoms with Gasteiger partial charge in [0.1, 0.15) is 0 Å². The van der Waals surface area contributed by atoms with Gasteiger partial charge >= 0.3 is 76.7 Å². The molecule has 2 rings (SSSR count). The SMILES string of the molecule is O=C(C=C[C]1=[Bi][CH]=C1)N1CC1. The summed E-state index contributed by atoms with van der Waals surface area (Å²) in [6.45, 7) is 1.91. The Hall–Kier alpha value is -0.297. The Morgan fingerprint density at radius 2 is 2.36 bits per heavy atom. The fourth-order valence-corrected chi connectivity index (χ4v) is 2.66. The van der Waals surface area contributed by atoms with E-state index in [4.69, 9.17) is 0 Å². The van der Waals surface area contributed by atoms with Gasteiger partial charge in [-0.05, 0) is 0 Å². The van der Waals surface area contributed by atoms with Crippen LogP contribution in [-0.4, -0.2) is 49.9 Å². The molecule has 2 aliphatic heterocycles. The number of hydrogen-bond donors (Lipinski definition) is 0. The van der Waals surface area contributed by atoms with Crippen molar-refractivity contribution in [3.05, 3.63) is 22.0 Å². The Kier molecular flexibility index (Phi) is 1.99. The van der Waals surface area contributed by atoms with E-state index in [1.807, 2.05) is 11.0 Å². The molecule has 2 nitrogen and oxygen atoms in total. The molecule has 0 aromatic carbocycles. The molecule has 0 aliphatic carbocycles. The van der Waals surface area contributed by atoms with Crippen LogP contribution in [0.2, 0.25) is 0 Å². The predicted molar refractivity (Wildman–Crippen MR) is 45.6 cm³/mol. The van der Waals surface area contributed by atoms with Gasteiger partial charge in [-0.2, -0.15) is 0 Å². The predicted octanol–water partition coefficient (Wildman–Crippen LogP) is -0.211. The molecule has 0 radical (unpaired) electrons. The third-order valence-corrected chi connectivity index (χ3v) is 5.10. The first kappa shape index (κ1) is 7.36. The van der Waals surface area contributed by atoms with Gasteiger partial charge in [-0.15, -0.1) is 0 Å². The van der Waals surface area contributed by atoms with Crippen molar-refractivity contribution in [2.45, 2.75) is 0 Å². The van der Waals surface area contributed by atoms with Crippen LogP contribution >= 0.6 is 0 Å². The van der Waals surface area contributed by atoms with Crippen molar-refractivity contribution >= 4 is 31.9 Å². The van der Waals surface area contributed by atoms with Crippen molar-refractivity contribution in [3.8, 4) is 0 Å². The van der Waals surface area contributed by atoms with Crippen molar-refractivity contribution < 1.29 is 4.79 Å². The Balaban J connectivity index is 1.87. The standard InChI is InChI=1S/C8H8NO.Bi/c1-2-3-4-5-8(10)9-6-7-9;/h1-2,4-5H,6-7H2;. The quantitative estimate of drug-likeness (QED) is 0.386. The maximum absolute atomic E-state index is 11.1. The van der Waals surface area contributed by atoms with Gasteiger partial charge in [0.2, 0.25) is 0 Å². The Morgan fingerprint density at radius 1 is 1.64 bits per heavy atom. The van der Waals surface area contributed by atoms with Gasteiger partial charge in [0.15, 0.2) is 0 Å². The fraction of sp³-hybridized carbons (Fsp3) is 0.250. The molecule has 56 valence electrons. The summed E-state index contributed by atoms with van der Waals surface area (Å²) < 4.78 is 3.70. The van der Waals surface area contributed by atoms with E-state index in [0.29, 0.717) is 0 Å². The van der Waals surface area contributed by atoms with Gasteiger partial charge in [-0.25, -0.2) is 0 Å². The average molecular weight is 343 g/mol. The van der Waals surface area contributed by atoms with E-state index < -0.39 is 0 Å². The van der Waals surface area contributed by atoms with E-state index in [-0.39, 0.29) is 28.7 Å². The molecule has 0 N–H and O–H groups in total. The zero-order valence-electron chi connectivity index (χ0n) is 6.03. The summed E-state index contributed by atoms with van der Waals surface area (Å²) in [5.41, 5.74) is 0. The van der Waals surface area contributed by atoms with Gasteiger partial charge in [0, 0.05) is 0 Å². The van der Waals surface area contributed by atoms with Crippen LogP contribution in [0.15, 0.2) is 22.0 Å². The van der Waals surface area contributed by atoms with Gasteiger partial charge in [-0.3, -0.25) is 0 Å². The molecule has 0 saturated carbocycles. The van der Waals surface area contributed by atoms with Gasteiger partial charge in [0.25, 0.3) is 0 Å². The first-order valence-corrected chi connectivity index (χ1v) is 7.32. The molecule has 0 unspecified atom stereocenters. The molecule has 0 aromatic rings. The normalized spacial score (nSPS) is 20.0. The summed E-state index contributed by atoms with van der Waals surface area (Å²) in [7, 11) is 0. The summed E-state index contributed by atoms with van der Waals surface area (Å²) in [5.74, 6) is 0.180. The summed E-state index contributed by atoms with van der Waals surface area (Å²) in [4.78, 5) is 12.9. The summed E-state index contributed by atoms with van der Waals surface area (Å²) in [5, 5.41) is 0. The minimum atomic E-state index is -0.370. The molecule has 1 saturated heterocycles. The van der Waals surface area contributed by atoms with E-state index in [0.717, 1.165) is 13.1 Å². The zero-order chi connectivity index (χ0) is 7.68. The van der Waals surface area contributed by atoms with Crippen LogP contribution in [0.4, 0.5) is 0 Å². The van der Waals surface area contributed by atoms with Crippen molar-refractivity contribution in [3.63, 3.8) is 0 Å². The van der Waals surface area contributed by atoms with E-state index >= 15 is 0 Å². The van der Waals surface area contributed by atoms with Crippen LogP contribution in [0.5, 0.6) is 0 Å². The number of rotatable bonds is 2. The topological polar surface area (TPSA) is 20.1 Å². The summed E-state index contributed by atoms with van der Waals surface area (Å²) in [6, 6.07) is 0. The van der Waals surface area contributed by atoms with E-state index in [9.17, 15) is 4.79 Å². The van der Waals surface area contributed by atoms with Crippen LogP contribution in [0.1, 0.15) is 0 Å². The zero-order valence-corrected chi connectivity index (χ0v) is 9.50. The Bertz CT molecular complexity index is 274. The van der Waals surface area contributed by atoms with Gasteiger partial charge in [-0.1, -0.05) is 0 Å². The van der Waals surface area contributed by atoms with Crippen molar-refractivity contribution in [1.29, 1.82) is 0 Å². The summed E-state index contributed by atoms with van der Waals surface area (Å²) >= 11 is -0.370. The van der Waals surface area contributed by atoms with Crippen LogP contribution in [0, 0.1) is 0 Å². The maximum atomic E-state index is 11.1.